The molecule has 1 atom stereocenters. The van der Waals surface area contributed by atoms with Crippen LogP contribution in [0.15, 0.2) is 28.7 Å². The highest BCUT2D eigenvalue weighted by Crippen LogP contribution is 2.16. The molecular formula is C18H26BrN3O2S. The third-order valence-electron chi connectivity index (χ3n) is 4.46. The van der Waals surface area contributed by atoms with Crippen molar-refractivity contribution in [3.63, 3.8) is 0 Å². The van der Waals surface area contributed by atoms with Gasteiger partial charge in [-0.15, -0.1) is 0 Å². The fourth-order valence-corrected chi connectivity index (χ4v) is 3.82. The molecule has 1 heterocycles. The molecule has 1 aliphatic rings. The first kappa shape index (κ1) is 20.3. The monoisotopic (exact) mass is 427 g/mol. The zero-order valence-corrected chi connectivity index (χ0v) is 17.2. The number of hydrogen-bond donors (Lipinski definition) is 1. The van der Waals surface area contributed by atoms with Crippen molar-refractivity contribution in [1.82, 2.24) is 15.1 Å². The summed E-state index contributed by atoms with van der Waals surface area (Å²) < 4.78 is 0.736. The Kier molecular flexibility index (Phi) is 8.26. The summed E-state index contributed by atoms with van der Waals surface area (Å²) in [5.74, 6) is 0.658. The van der Waals surface area contributed by atoms with Crippen molar-refractivity contribution in [3.8, 4) is 0 Å². The number of benzene rings is 1. The molecule has 0 aliphatic carbocycles. The Bertz CT molecular complexity index is 591. The summed E-state index contributed by atoms with van der Waals surface area (Å²) in [7, 11) is 0. The lowest BCUT2D eigenvalue weighted by Crippen LogP contribution is -2.55. The number of carbonyl (C=O) groups is 2. The lowest BCUT2D eigenvalue weighted by Gasteiger charge is -2.36. The van der Waals surface area contributed by atoms with Crippen molar-refractivity contribution < 1.29 is 9.59 Å². The van der Waals surface area contributed by atoms with Gasteiger partial charge in [0.25, 0.3) is 5.91 Å². The van der Waals surface area contributed by atoms with Crippen molar-refractivity contribution in [2.24, 2.45) is 0 Å². The maximum Gasteiger partial charge on any atom is 0.253 e. The highest BCUT2D eigenvalue weighted by atomic mass is 79.9. The minimum absolute atomic E-state index is 0.0326. The molecule has 1 aliphatic heterocycles. The van der Waals surface area contributed by atoms with Gasteiger partial charge in [-0.1, -0.05) is 19.1 Å². The zero-order chi connectivity index (χ0) is 18.2. The van der Waals surface area contributed by atoms with E-state index >= 15 is 0 Å². The summed E-state index contributed by atoms with van der Waals surface area (Å²) in [6, 6.07) is 6.81. The number of nitrogens with zero attached hydrogens (tertiary/aromatic N) is 2. The van der Waals surface area contributed by atoms with Crippen molar-refractivity contribution in [3.05, 3.63) is 34.3 Å². The standard InChI is InChI=1S/C18H26BrN3O2S/c1-3-21-9-11-22(12-10-21)18(24)16(8-13-25-2)20-17(23)14-6-4-5-7-15(14)19/h4-7,16H,3,8-13H2,1-2H3,(H,20,23). The molecule has 1 unspecified atom stereocenters. The van der Waals surface area contributed by atoms with Crippen LogP contribution in [-0.4, -0.2) is 72.4 Å². The molecule has 0 saturated carbocycles. The van der Waals surface area contributed by atoms with Crippen LogP contribution in [0.5, 0.6) is 0 Å². The third kappa shape index (κ3) is 5.72. The Hall–Kier alpha value is -1.05. The molecule has 0 bridgehead atoms. The van der Waals surface area contributed by atoms with Gasteiger partial charge in [0.1, 0.15) is 6.04 Å². The van der Waals surface area contributed by atoms with Crippen LogP contribution >= 0.6 is 27.7 Å². The molecule has 1 aromatic carbocycles. The van der Waals surface area contributed by atoms with Crippen LogP contribution in [0.1, 0.15) is 23.7 Å². The highest BCUT2D eigenvalue weighted by Gasteiger charge is 2.28. The third-order valence-corrected chi connectivity index (χ3v) is 5.80. The fourth-order valence-electron chi connectivity index (χ4n) is 2.88. The van der Waals surface area contributed by atoms with Crippen molar-refractivity contribution in [2.75, 3.05) is 44.7 Å². The van der Waals surface area contributed by atoms with E-state index in [0.717, 1.165) is 42.9 Å². The predicted molar refractivity (Wildman–Crippen MR) is 107 cm³/mol. The second kappa shape index (κ2) is 10.2. The summed E-state index contributed by atoms with van der Waals surface area (Å²) in [6.07, 6.45) is 2.65. The maximum absolute atomic E-state index is 12.9. The lowest BCUT2D eigenvalue weighted by atomic mass is 10.1. The topological polar surface area (TPSA) is 52.6 Å². The van der Waals surface area contributed by atoms with Gasteiger partial charge < -0.3 is 15.1 Å². The minimum Gasteiger partial charge on any atom is -0.340 e. The fraction of sp³-hybridized carbons (Fsp3) is 0.556. The zero-order valence-electron chi connectivity index (χ0n) is 14.8. The van der Waals surface area contributed by atoms with E-state index in [2.05, 4.69) is 33.1 Å². The molecule has 1 N–H and O–H groups in total. The Morgan fingerprint density at radius 2 is 1.92 bits per heavy atom. The number of piperazine rings is 1. The first-order valence-electron chi connectivity index (χ1n) is 8.62. The number of hydrogen-bond acceptors (Lipinski definition) is 4. The largest absolute Gasteiger partial charge is 0.340 e. The summed E-state index contributed by atoms with van der Waals surface area (Å²) in [4.78, 5) is 29.7. The van der Waals surface area contributed by atoms with E-state index < -0.39 is 6.04 Å². The van der Waals surface area contributed by atoms with E-state index in [9.17, 15) is 9.59 Å². The Morgan fingerprint density at radius 3 is 2.52 bits per heavy atom. The van der Waals surface area contributed by atoms with Gasteiger partial charge in [-0.3, -0.25) is 9.59 Å². The summed E-state index contributed by atoms with van der Waals surface area (Å²) >= 11 is 5.09. The normalized spacial score (nSPS) is 16.5. The van der Waals surface area contributed by atoms with Crippen molar-refractivity contribution in [2.45, 2.75) is 19.4 Å². The molecular weight excluding hydrogens is 402 g/mol. The number of rotatable bonds is 7. The van der Waals surface area contributed by atoms with E-state index in [1.807, 2.05) is 29.4 Å². The van der Waals surface area contributed by atoms with Crippen LogP contribution in [0.25, 0.3) is 0 Å². The Balaban J connectivity index is 2.04. The van der Waals surface area contributed by atoms with E-state index in [0.29, 0.717) is 12.0 Å². The molecule has 5 nitrogen and oxygen atoms in total. The molecule has 1 saturated heterocycles. The number of halogens is 1. The average molecular weight is 428 g/mol. The number of likely N-dealkylation sites (N-methyl/N-ethyl adjacent to an activating group) is 1. The van der Waals surface area contributed by atoms with Crippen LogP contribution in [-0.2, 0) is 4.79 Å². The van der Waals surface area contributed by atoms with Gasteiger partial charge in [0.05, 0.1) is 5.56 Å². The molecule has 0 aromatic heterocycles. The molecule has 2 amide bonds. The van der Waals surface area contributed by atoms with Gasteiger partial charge in [-0.05, 0) is 53.0 Å². The predicted octanol–water partition coefficient (Wildman–Crippen LogP) is 2.46. The lowest BCUT2D eigenvalue weighted by molar-refractivity contribution is -0.135. The van der Waals surface area contributed by atoms with E-state index in [1.54, 1.807) is 17.8 Å². The van der Waals surface area contributed by atoms with Crippen LogP contribution < -0.4 is 5.32 Å². The van der Waals surface area contributed by atoms with Crippen LogP contribution in [0.4, 0.5) is 0 Å². The second-order valence-corrected chi connectivity index (χ2v) is 7.89. The molecule has 7 heteroatoms. The summed E-state index contributed by atoms with van der Waals surface area (Å²) in [6.45, 7) is 6.40. The van der Waals surface area contributed by atoms with Gasteiger partial charge >= 0.3 is 0 Å². The van der Waals surface area contributed by atoms with E-state index in [-0.39, 0.29) is 11.8 Å². The van der Waals surface area contributed by atoms with Gasteiger partial charge in [0.2, 0.25) is 5.91 Å². The number of amides is 2. The van der Waals surface area contributed by atoms with E-state index in [4.69, 9.17) is 0 Å². The average Bonchev–Trinajstić information content (AvgIpc) is 2.64. The molecule has 138 valence electrons. The van der Waals surface area contributed by atoms with Crippen molar-refractivity contribution in [1.29, 1.82) is 0 Å². The first-order chi connectivity index (χ1) is 12.1. The maximum atomic E-state index is 12.9. The molecule has 0 radical (unpaired) electrons. The number of thioether (sulfide) groups is 1. The van der Waals surface area contributed by atoms with Gasteiger partial charge in [-0.2, -0.15) is 11.8 Å². The molecule has 1 aromatic rings. The van der Waals surface area contributed by atoms with Gasteiger partial charge in [0, 0.05) is 30.7 Å². The number of carbonyl (C=O) groups excluding carboxylic acids is 2. The number of nitrogens with one attached hydrogen (secondary N) is 1. The minimum atomic E-state index is -0.472. The smallest absolute Gasteiger partial charge is 0.253 e. The van der Waals surface area contributed by atoms with Crippen LogP contribution in [0, 0.1) is 0 Å². The Labute approximate surface area is 162 Å². The summed E-state index contributed by atoms with van der Waals surface area (Å²) in [5.41, 5.74) is 0.556. The van der Waals surface area contributed by atoms with Gasteiger partial charge in [0.15, 0.2) is 0 Å². The van der Waals surface area contributed by atoms with Crippen LogP contribution in [0.2, 0.25) is 0 Å². The summed E-state index contributed by atoms with van der Waals surface area (Å²) in [5, 5.41) is 2.94. The van der Waals surface area contributed by atoms with E-state index in [1.165, 1.54) is 0 Å². The molecule has 1 fully saturated rings. The molecule has 25 heavy (non-hydrogen) atoms. The molecule has 0 spiro atoms. The first-order valence-corrected chi connectivity index (χ1v) is 10.8. The SMILES string of the molecule is CCN1CCN(C(=O)C(CCSC)NC(=O)c2ccccc2Br)CC1. The van der Waals surface area contributed by atoms with Crippen LogP contribution in [0.3, 0.4) is 0 Å². The second-order valence-electron chi connectivity index (χ2n) is 6.05. The molecule has 2 rings (SSSR count). The van der Waals surface area contributed by atoms with Crippen molar-refractivity contribution >= 4 is 39.5 Å². The van der Waals surface area contributed by atoms with Gasteiger partial charge in [-0.25, -0.2) is 0 Å². The quantitative estimate of drug-likeness (QED) is 0.725. The Morgan fingerprint density at radius 1 is 1.24 bits per heavy atom. The highest BCUT2D eigenvalue weighted by molar-refractivity contribution is 9.10.